The number of hydrogen-bond acceptors (Lipinski definition) is 6. The first-order chi connectivity index (χ1) is 21.3. The van der Waals surface area contributed by atoms with Crippen LogP contribution in [-0.2, 0) is 9.59 Å². The summed E-state index contributed by atoms with van der Waals surface area (Å²) in [7, 11) is 0. The minimum atomic E-state index is -0.924. The summed E-state index contributed by atoms with van der Waals surface area (Å²) in [5.41, 5.74) is 0. The van der Waals surface area contributed by atoms with Gasteiger partial charge in [0.05, 0.1) is 31.0 Å². The van der Waals surface area contributed by atoms with Gasteiger partial charge >= 0.3 is 0 Å². The fourth-order valence-electron chi connectivity index (χ4n) is 5.86. The molecule has 1 saturated carbocycles. The van der Waals surface area contributed by atoms with Crippen molar-refractivity contribution in [1.29, 1.82) is 0 Å². The SMILES string of the molecule is CCCCCCCCCCCC/C=C/[C@@H](O)[C@H](CO)NC(=O)CCC/C=C\C[C@H]1[C@@H](O)CC(=O)[C@@H]1/C=C/[C@@H](O)CCCCC. The summed E-state index contributed by atoms with van der Waals surface area (Å²) in [6, 6.07) is -0.724. The molecule has 0 aromatic heterocycles. The predicted molar refractivity (Wildman–Crippen MR) is 180 cm³/mol. The molecule has 0 bridgehead atoms. The van der Waals surface area contributed by atoms with E-state index in [1.807, 2.05) is 18.2 Å². The number of aliphatic hydroxyl groups excluding tert-OH is 4. The van der Waals surface area contributed by atoms with Gasteiger partial charge in [-0.2, -0.15) is 0 Å². The Morgan fingerprint density at radius 1 is 0.841 bits per heavy atom. The van der Waals surface area contributed by atoms with Crippen LogP contribution in [0, 0.1) is 11.8 Å². The van der Waals surface area contributed by atoms with Crippen molar-refractivity contribution in [2.24, 2.45) is 11.8 Å². The lowest BCUT2D eigenvalue weighted by Crippen LogP contribution is -2.45. The molecule has 0 heterocycles. The highest BCUT2D eigenvalue weighted by atomic mass is 16.3. The zero-order valence-electron chi connectivity index (χ0n) is 27.9. The van der Waals surface area contributed by atoms with Gasteiger partial charge in [-0.05, 0) is 38.5 Å². The Balaban J connectivity index is 2.26. The molecule has 1 fully saturated rings. The molecule has 0 radical (unpaired) electrons. The van der Waals surface area contributed by atoms with E-state index in [0.717, 1.165) is 32.1 Å². The Morgan fingerprint density at radius 3 is 2.11 bits per heavy atom. The van der Waals surface area contributed by atoms with E-state index < -0.39 is 24.4 Å². The van der Waals surface area contributed by atoms with Crippen molar-refractivity contribution in [2.45, 2.75) is 167 Å². The second kappa shape index (κ2) is 26.4. The van der Waals surface area contributed by atoms with Crippen molar-refractivity contribution in [1.82, 2.24) is 5.32 Å². The fourth-order valence-corrected chi connectivity index (χ4v) is 5.86. The van der Waals surface area contributed by atoms with Crippen molar-refractivity contribution < 1.29 is 30.0 Å². The summed E-state index contributed by atoms with van der Waals surface area (Å²) < 4.78 is 0. The number of Topliss-reactive ketones (excluding diaryl/α,β-unsaturated/α-hetero) is 1. The lowest BCUT2D eigenvalue weighted by Gasteiger charge is -2.19. The molecule has 7 heteroatoms. The van der Waals surface area contributed by atoms with E-state index in [0.29, 0.717) is 25.7 Å². The minimum absolute atomic E-state index is 0.0128. The summed E-state index contributed by atoms with van der Waals surface area (Å²) in [5, 5.41) is 43.4. The Morgan fingerprint density at radius 2 is 1.45 bits per heavy atom. The Kier molecular flexibility index (Phi) is 24.2. The lowest BCUT2D eigenvalue weighted by molar-refractivity contribution is -0.123. The van der Waals surface area contributed by atoms with Gasteiger partial charge in [-0.3, -0.25) is 9.59 Å². The number of unbranched alkanes of at least 4 members (excludes halogenated alkanes) is 13. The number of carbonyl (C=O) groups excluding carboxylic acids is 2. The third-order valence-corrected chi connectivity index (χ3v) is 8.74. The second-order valence-electron chi connectivity index (χ2n) is 12.7. The third kappa shape index (κ3) is 18.9. The highest BCUT2D eigenvalue weighted by Gasteiger charge is 2.39. The predicted octanol–water partition coefficient (Wildman–Crippen LogP) is 6.87. The van der Waals surface area contributed by atoms with Gasteiger partial charge in [-0.15, -0.1) is 0 Å². The lowest BCUT2D eigenvalue weighted by atomic mass is 9.90. The number of aliphatic hydroxyl groups is 4. The van der Waals surface area contributed by atoms with E-state index >= 15 is 0 Å². The van der Waals surface area contributed by atoms with E-state index in [9.17, 15) is 30.0 Å². The molecule has 0 saturated heterocycles. The van der Waals surface area contributed by atoms with E-state index in [-0.39, 0.29) is 43.0 Å². The van der Waals surface area contributed by atoms with Gasteiger partial charge in [0.15, 0.2) is 0 Å². The van der Waals surface area contributed by atoms with Crippen molar-refractivity contribution in [3.8, 4) is 0 Å². The molecule has 7 nitrogen and oxygen atoms in total. The molecule has 5 N–H and O–H groups in total. The Labute approximate surface area is 268 Å². The summed E-state index contributed by atoms with van der Waals surface area (Å²) in [5.74, 6) is -0.781. The molecule has 1 aliphatic carbocycles. The number of amides is 1. The average molecular weight is 620 g/mol. The molecular weight excluding hydrogens is 554 g/mol. The monoisotopic (exact) mass is 619 g/mol. The van der Waals surface area contributed by atoms with Gasteiger partial charge in [0, 0.05) is 24.7 Å². The van der Waals surface area contributed by atoms with Crippen molar-refractivity contribution in [2.75, 3.05) is 6.61 Å². The normalized spacial score (nSPS) is 21.1. The number of rotatable bonds is 27. The van der Waals surface area contributed by atoms with Gasteiger partial charge < -0.3 is 25.7 Å². The van der Waals surface area contributed by atoms with Crippen LogP contribution in [0.15, 0.2) is 36.5 Å². The maximum atomic E-state index is 12.4. The second-order valence-corrected chi connectivity index (χ2v) is 12.7. The van der Waals surface area contributed by atoms with Crippen LogP contribution >= 0.6 is 0 Å². The van der Waals surface area contributed by atoms with Crippen molar-refractivity contribution >= 4 is 11.7 Å². The molecule has 1 rings (SSSR count). The van der Waals surface area contributed by atoms with Gasteiger partial charge in [-0.25, -0.2) is 0 Å². The van der Waals surface area contributed by atoms with Crippen LogP contribution in [0.1, 0.15) is 142 Å². The highest BCUT2D eigenvalue weighted by Crippen LogP contribution is 2.33. The van der Waals surface area contributed by atoms with Crippen LogP contribution in [0.3, 0.4) is 0 Å². The Hall–Kier alpha value is -1.80. The quantitative estimate of drug-likeness (QED) is 0.0504. The number of nitrogens with one attached hydrogen (secondary N) is 1. The standard InChI is InChI=1S/C37H65NO6/c1-3-5-7-8-9-10-11-12-13-14-15-20-24-34(41)33(29-39)38-37(44)25-21-17-16-19-23-31-32(36(43)28-35(31)42)27-26-30(40)22-18-6-4-2/h16,19-20,24,26-27,30-35,39-42H,3-15,17-18,21-23,25,28-29H2,1-2H3,(H,38,44)/b19-16-,24-20+,27-26+/t30-,31+,32+,33-,34+,35-/m0/s1. The molecule has 0 spiro atoms. The molecule has 0 aliphatic heterocycles. The first-order valence-electron chi connectivity index (χ1n) is 17.8. The van der Waals surface area contributed by atoms with E-state index in [4.69, 9.17) is 0 Å². The Bertz CT molecular complexity index is 825. The largest absolute Gasteiger partial charge is 0.394 e. The molecule has 0 aromatic carbocycles. The van der Waals surface area contributed by atoms with Gasteiger partial charge in [0.25, 0.3) is 0 Å². The minimum Gasteiger partial charge on any atom is -0.394 e. The topological polar surface area (TPSA) is 127 Å². The van der Waals surface area contributed by atoms with E-state index in [2.05, 4.69) is 19.2 Å². The van der Waals surface area contributed by atoms with E-state index in [1.165, 1.54) is 57.8 Å². The molecule has 1 amide bonds. The zero-order chi connectivity index (χ0) is 32.4. The number of hydrogen-bond donors (Lipinski definition) is 5. The molecule has 0 aromatic rings. The molecule has 0 unspecified atom stereocenters. The van der Waals surface area contributed by atoms with E-state index in [1.54, 1.807) is 18.2 Å². The van der Waals surface area contributed by atoms with Crippen molar-refractivity contribution in [3.05, 3.63) is 36.5 Å². The maximum Gasteiger partial charge on any atom is 0.220 e. The number of allylic oxidation sites excluding steroid dienone is 4. The zero-order valence-corrected chi connectivity index (χ0v) is 27.9. The molecule has 254 valence electrons. The summed E-state index contributed by atoms with van der Waals surface area (Å²) >= 11 is 0. The van der Waals surface area contributed by atoms with Crippen LogP contribution < -0.4 is 5.32 Å². The fraction of sp³-hybridized carbons (Fsp3) is 0.784. The molecule has 1 aliphatic rings. The van der Waals surface area contributed by atoms with Crippen LogP contribution in [0.5, 0.6) is 0 Å². The first kappa shape index (κ1) is 40.2. The van der Waals surface area contributed by atoms with Crippen LogP contribution in [0.4, 0.5) is 0 Å². The van der Waals surface area contributed by atoms with Gasteiger partial charge in [0.2, 0.25) is 5.91 Å². The van der Waals surface area contributed by atoms with Crippen LogP contribution in [0.25, 0.3) is 0 Å². The third-order valence-electron chi connectivity index (χ3n) is 8.74. The molecule has 6 atom stereocenters. The van der Waals surface area contributed by atoms with Crippen LogP contribution in [-0.4, -0.2) is 63.1 Å². The molecular formula is C37H65NO6. The first-order valence-corrected chi connectivity index (χ1v) is 17.8. The summed E-state index contributed by atoms with van der Waals surface area (Å²) in [4.78, 5) is 24.8. The molecule has 44 heavy (non-hydrogen) atoms. The van der Waals surface area contributed by atoms with Crippen LogP contribution in [0.2, 0.25) is 0 Å². The van der Waals surface area contributed by atoms with Gasteiger partial charge in [-0.1, -0.05) is 127 Å². The smallest absolute Gasteiger partial charge is 0.220 e. The summed E-state index contributed by atoms with van der Waals surface area (Å²) in [6.07, 6.45) is 28.6. The number of ketones is 1. The summed E-state index contributed by atoms with van der Waals surface area (Å²) in [6.45, 7) is 4.03. The van der Waals surface area contributed by atoms with Gasteiger partial charge in [0.1, 0.15) is 5.78 Å². The highest BCUT2D eigenvalue weighted by molar-refractivity contribution is 5.86. The number of carbonyl (C=O) groups is 2. The average Bonchev–Trinajstić information content (AvgIpc) is 3.28. The van der Waals surface area contributed by atoms with Crippen molar-refractivity contribution in [3.63, 3.8) is 0 Å². The maximum absolute atomic E-state index is 12.4.